The maximum atomic E-state index is 13.7. The molecule has 0 saturated carbocycles. The van der Waals surface area contributed by atoms with Gasteiger partial charge in [-0.1, -0.05) is 24.3 Å². The fourth-order valence-electron chi connectivity index (χ4n) is 5.34. The molecule has 2 fully saturated rings. The van der Waals surface area contributed by atoms with Crippen LogP contribution in [0.25, 0.3) is 0 Å². The Bertz CT molecular complexity index is 847. The average molecular weight is 442 g/mol. The van der Waals surface area contributed by atoms with E-state index in [1.807, 2.05) is 24.3 Å². The van der Waals surface area contributed by atoms with Crippen LogP contribution in [0.1, 0.15) is 37.7 Å². The van der Waals surface area contributed by atoms with E-state index in [-0.39, 0.29) is 18.5 Å². The first-order chi connectivity index (χ1) is 15.6. The summed E-state index contributed by atoms with van der Waals surface area (Å²) in [6.45, 7) is 3.88. The molecule has 7 heteroatoms. The van der Waals surface area contributed by atoms with Crippen molar-refractivity contribution in [1.29, 1.82) is 0 Å². The van der Waals surface area contributed by atoms with Gasteiger partial charge in [0, 0.05) is 33.3 Å². The molecule has 0 unspecified atom stereocenters. The van der Waals surface area contributed by atoms with E-state index in [4.69, 9.17) is 9.47 Å². The number of piperidine rings is 1. The number of methoxy groups -OCH3 is 2. The summed E-state index contributed by atoms with van der Waals surface area (Å²) in [7, 11) is 3.24. The Kier molecular flexibility index (Phi) is 7.16. The predicted octanol–water partition coefficient (Wildman–Crippen LogP) is 3.30. The molecule has 2 heterocycles. The van der Waals surface area contributed by atoms with Gasteiger partial charge in [0.1, 0.15) is 11.3 Å². The first kappa shape index (κ1) is 22.8. The predicted molar refractivity (Wildman–Crippen MR) is 122 cm³/mol. The number of imide groups is 1. The molecule has 32 heavy (non-hydrogen) atoms. The van der Waals surface area contributed by atoms with Crippen molar-refractivity contribution < 1.29 is 19.1 Å². The lowest BCUT2D eigenvalue weighted by atomic mass is 9.84. The lowest BCUT2D eigenvalue weighted by molar-refractivity contribution is -0.136. The van der Waals surface area contributed by atoms with Gasteiger partial charge in [0.05, 0.1) is 20.3 Å². The number of amides is 3. The van der Waals surface area contributed by atoms with E-state index in [0.717, 1.165) is 37.4 Å². The topological polar surface area (TPSA) is 62.3 Å². The smallest absolute Gasteiger partial charge is 0.328 e. The molecule has 1 atom stereocenters. The number of rotatable bonds is 8. The molecule has 1 aromatic carbocycles. The number of carbonyl (C=O) groups is 2. The van der Waals surface area contributed by atoms with Crippen LogP contribution >= 0.6 is 0 Å². The second kappa shape index (κ2) is 10.0. The fraction of sp³-hybridized carbons (Fsp3) is 0.600. The normalized spacial score (nSPS) is 23.4. The van der Waals surface area contributed by atoms with Crippen LogP contribution < -0.4 is 4.74 Å². The number of nitrogens with zero attached hydrogens (tertiary/aromatic N) is 3. The quantitative estimate of drug-likeness (QED) is 0.458. The van der Waals surface area contributed by atoms with E-state index < -0.39 is 5.54 Å². The third-order valence-electron chi connectivity index (χ3n) is 7.19. The van der Waals surface area contributed by atoms with E-state index >= 15 is 0 Å². The molecular formula is C25H35N3O4. The molecule has 2 aliphatic heterocycles. The van der Waals surface area contributed by atoms with Gasteiger partial charge in [-0.25, -0.2) is 4.79 Å². The molecule has 0 N–H and O–H groups in total. The Morgan fingerprint density at radius 3 is 2.62 bits per heavy atom. The lowest BCUT2D eigenvalue weighted by Crippen LogP contribution is -2.57. The number of hydrogen-bond acceptors (Lipinski definition) is 5. The number of carbonyl (C=O) groups excluding carboxylic acids is 2. The monoisotopic (exact) mass is 441 g/mol. The summed E-state index contributed by atoms with van der Waals surface area (Å²) in [6, 6.07) is 7.35. The third-order valence-corrected chi connectivity index (χ3v) is 7.19. The zero-order chi connectivity index (χ0) is 22.6. The molecule has 1 aromatic rings. The SMILES string of the molecule is COCCN1C(=O)N(Cc2cccc(OC)c2)C(=O)C12CCN(C[C@H]1CC=CCC1)CC2. The Morgan fingerprint density at radius 1 is 1.12 bits per heavy atom. The summed E-state index contributed by atoms with van der Waals surface area (Å²) in [5.74, 6) is 1.35. The molecule has 1 spiro atoms. The summed E-state index contributed by atoms with van der Waals surface area (Å²) < 4.78 is 10.6. The molecule has 7 nitrogen and oxygen atoms in total. The molecule has 174 valence electrons. The van der Waals surface area contributed by atoms with Gasteiger partial charge in [0.2, 0.25) is 0 Å². The maximum Gasteiger partial charge on any atom is 0.328 e. The maximum absolute atomic E-state index is 13.7. The molecule has 1 aliphatic carbocycles. The van der Waals surface area contributed by atoms with Crippen molar-refractivity contribution in [2.75, 3.05) is 47.0 Å². The van der Waals surface area contributed by atoms with E-state index in [9.17, 15) is 9.59 Å². The number of ether oxygens (including phenoxy) is 2. The zero-order valence-corrected chi connectivity index (χ0v) is 19.3. The lowest BCUT2D eigenvalue weighted by Gasteiger charge is -2.43. The third kappa shape index (κ3) is 4.55. The van der Waals surface area contributed by atoms with Crippen molar-refractivity contribution >= 4 is 11.9 Å². The van der Waals surface area contributed by atoms with Gasteiger partial charge in [0.25, 0.3) is 5.91 Å². The minimum absolute atomic E-state index is 0.0679. The van der Waals surface area contributed by atoms with Crippen molar-refractivity contribution in [2.45, 2.75) is 44.2 Å². The Balaban J connectivity index is 1.48. The standard InChI is InChI=1S/C25H35N3O4/c1-31-16-15-28-24(30)27(19-21-9-6-10-22(17-21)32-2)23(29)25(28)11-13-26(14-12-25)18-20-7-4-3-5-8-20/h3-4,6,9-10,17,20H,5,7-8,11-16,18-19H2,1-2H3/t20-/m0/s1. The van der Waals surface area contributed by atoms with Crippen LogP contribution in [-0.4, -0.2) is 79.2 Å². The molecular weight excluding hydrogens is 406 g/mol. The minimum atomic E-state index is -0.753. The number of urea groups is 1. The van der Waals surface area contributed by atoms with Crippen molar-refractivity contribution in [3.8, 4) is 5.75 Å². The van der Waals surface area contributed by atoms with Crippen molar-refractivity contribution in [3.63, 3.8) is 0 Å². The Morgan fingerprint density at radius 2 is 1.94 bits per heavy atom. The van der Waals surface area contributed by atoms with Crippen LogP contribution in [0.5, 0.6) is 5.75 Å². The van der Waals surface area contributed by atoms with E-state index in [1.165, 1.54) is 17.7 Å². The highest BCUT2D eigenvalue weighted by Crippen LogP contribution is 2.38. The van der Waals surface area contributed by atoms with Gasteiger partial charge < -0.3 is 19.3 Å². The van der Waals surface area contributed by atoms with Crippen LogP contribution in [-0.2, 0) is 16.1 Å². The van der Waals surface area contributed by atoms with E-state index in [1.54, 1.807) is 19.1 Å². The van der Waals surface area contributed by atoms with Crippen molar-refractivity contribution in [3.05, 3.63) is 42.0 Å². The van der Waals surface area contributed by atoms with Crippen LogP contribution in [0.2, 0.25) is 0 Å². The summed E-state index contributed by atoms with van der Waals surface area (Å²) >= 11 is 0. The van der Waals surface area contributed by atoms with Crippen LogP contribution in [0.3, 0.4) is 0 Å². The summed E-state index contributed by atoms with van der Waals surface area (Å²) in [6.07, 6.45) is 9.48. The highest BCUT2D eigenvalue weighted by molar-refractivity contribution is 6.07. The summed E-state index contributed by atoms with van der Waals surface area (Å²) in [5, 5.41) is 0. The van der Waals surface area contributed by atoms with Crippen LogP contribution in [0.15, 0.2) is 36.4 Å². The summed E-state index contributed by atoms with van der Waals surface area (Å²) in [5.41, 5.74) is 0.134. The van der Waals surface area contributed by atoms with Gasteiger partial charge in [-0.15, -0.1) is 0 Å². The van der Waals surface area contributed by atoms with Crippen molar-refractivity contribution in [1.82, 2.24) is 14.7 Å². The van der Waals surface area contributed by atoms with Gasteiger partial charge in [-0.2, -0.15) is 0 Å². The molecule has 3 amide bonds. The first-order valence-corrected chi connectivity index (χ1v) is 11.7. The second-order valence-electron chi connectivity index (χ2n) is 9.15. The molecule has 0 aromatic heterocycles. The van der Waals surface area contributed by atoms with Gasteiger partial charge >= 0.3 is 6.03 Å². The zero-order valence-electron chi connectivity index (χ0n) is 19.3. The molecule has 0 radical (unpaired) electrons. The average Bonchev–Trinajstić information content (AvgIpc) is 3.01. The van der Waals surface area contributed by atoms with Gasteiger partial charge in [-0.05, 0) is 55.7 Å². The Labute approximate surface area is 190 Å². The minimum Gasteiger partial charge on any atom is -0.497 e. The van der Waals surface area contributed by atoms with Crippen LogP contribution in [0, 0.1) is 5.92 Å². The molecule has 3 aliphatic rings. The van der Waals surface area contributed by atoms with Crippen LogP contribution in [0.4, 0.5) is 4.79 Å². The van der Waals surface area contributed by atoms with E-state index in [2.05, 4.69) is 17.1 Å². The summed E-state index contributed by atoms with van der Waals surface area (Å²) in [4.78, 5) is 32.7. The number of hydrogen-bond donors (Lipinski definition) is 0. The van der Waals surface area contributed by atoms with Gasteiger partial charge in [-0.3, -0.25) is 9.69 Å². The van der Waals surface area contributed by atoms with Crippen molar-refractivity contribution in [2.24, 2.45) is 5.92 Å². The molecule has 2 saturated heterocycles. The number of allylic oxidation sites excluding steroid dienone is 2. The van der Waals surface area contributed by atoms with Gasteiger partial charge in [0.15, 0.2) is 0 Å². The number of benzene rings is 1. The fourth-order valence-corrected chi connectivity index (χ4v) is 5.34. The first-order valence-electron chi connectivity index (χ1n) is 11.7. The second-order valence-corrected chi connectivity index (χ2v) is 9.15. The molecule has 0 bridgehead atoms. The molecule has 4 rings (SSSR count). The highest BCUT2D eigenvalue weighted by atomic mass is 16.5. The highest BCUT2D eigenvalue weighted by Gasteiger charge is 2.57. The van der Waals surface area contributed by atoms with E-state index in [0.29, 0.717) is 31.9 Å². The Hall–Kier alpha value is -2.38. The number of likely N-dealkylation sites (tertiary alicyclic amines) is 1. The largest absolute Gasteiger partial charge is 0.497 e.